The molecule has 0 amide bonds. The van der Waals surface area contributed by atoms with Crippen LogP contribution in [-0.4, -0.2) is 25.8 Å². The Hall–Kier alpha value is -1.07. The summed E-state index contributed by atoms with van der Waals surface area (Å²) in [6.45, 7) is 2.51. The van der Waals surface area contributed by atoms with Crippen LogP contribution in [-0.2, 0) is 10.0 Å². The molecule has 1 aromatic carbocycles. The van der Waals surface area contributed by atoms with E-state index >= 15 is 0 Å². The normalized spacial score (nSPS) is 22.2. The Morgan fingerprint density at radius 1 is 1.41 bits per heavy atom. The SMILES string of the molecule is CCCCN1c2ccccc2C(O)CS1(=O)=O. The Labute approximate surface area is 102 Å². The van der Waals surface area contributed by atoms with Gasteiger partial charge >= 0.3 is 0 Å². The van der Waals surface area contributed by atoms with Crippen molar-refractivity contribution in [3.63, 3.8) is 0 Å². The first-order chi connectivity index (χ1) is 8.06. The minimum atomic E-state index is -3.38. The quantitative estimate of drug-likeness (QED) is 0.893. The van der Waals surface area contributed by atoms with Crippen molar-refractivity contribution in [1.29, 1.82) is 0 Å². The van der Waals surface area contributed by atoms with Gasteiger partial charge in [-0.15, -0.1) is 0 Å². The van der Waals surface area contributed by atoms with E-state index in [1.807, 2.05) is 13.0 Å². The van der Waals surface area contributed by atoms with Crippen molar-refractivity contribution in [1.82, 2.24) is 0 Å². The lowest BCUT2D eigenvalue weighted by Crippen LogP contribution is -2.40. The van der Waals surface area contributed by atoms with Gasteiger partial charge in [-0.05, 0) is 12.5 Å². The molecular formula is C12H17NO3S. The smallest absolute Gasteiger partial charge is 0.238 e. The average Bonchev–Trinajstić information content (AvgIpc) is 2.28. The van der Waals surface area contributed by atoms with Crippen molar-refractivity contribution in [2.24, 2.45) is 0 Å². The number of para-hydroxylation sites is 1. The van der Waals surface area contributed by atoms with Crippen LogP contribution in [0.2, 0.25) is 0 Å². The molecule has 1 N–H and O–H groups in total. The lowest BCUT2D eigenvalue weighted by Gasteiger charge is -2.33. The van der Waals surface area contributed by atoms with Gasteiger partial charge in [-0.2, -0.15) is 0 Å². The van der Waals surface area contributed by atoms with Gasteiger partial charge in [0, 0.05) is 12.1 Å². The molecule has 1 aliphatic heterocycles. The molecule has 0 spiro atoms. The lowest BCUT2D eigenvalue weighted by molar-refractivity contribution is 0.200. The zero-order chi connectivity index (χ0) is 12.5. The molecule has 1 heterocycles. The third-order valence-electron chi connectivity index (χ3n) is 2.98. The number of rotatable bonds is 3. The van der Waals surface area contributed by atoms with E-state index in [0.29, 0.717) is 17.8 Å². The number of unbranched alkanes of at least 4 members (excludes halogenated alkanes) is 1. The van der Waals surface area contributed by atoms with E-state index in [9.17, 15) is 13.5 Å². The number of aliphatic hydroxyl groups excluding tert-OH is 1. The molecule has 0 aliphatic carbocycles. The van der Waals surface area contributed by atoms with Crippen molar-refractivity contribution in [3.8, 4) is 0 Å². The van der Waals surface area contributed by atoms with E-state index in [4.69, 9.17) is 0 Å². The molecule has 0 radical (unpaired) electrons. The van der Waals surface area contributed by atoms with E-state index in [-0.39, 0.29) is 5.75 Å². The maximum atomic E-state index is 12.0. The Balaban J connectivity index is 2.44. The molecule has 0 bridgehead atoms. The van der Waals surface area contributed by atoms with Crippen LogP contribution in [0.3, 0.4) is 0 Å². The molecule has 5 heteroatoms. The largest absolute Gasteiger partial charge is 0.387 e. The van der Waals surface area contributed by atoms with Crippen molar-refractivity contribution in [2.45, 2.75) is 25.9 Å². The Morgan fingerprint density at radius 3 is 2.82 bits per heavy atom. The van der Waals surface area contributed by atoms with Gasteiger partial charge in [0.25, 0.3) is 0 Å². The second kappa shape index (κ2) is 4.66. The fraction of sp³-hybridized carbons (Fsp3) is 0.500. The van der Waals surface area contributed by atoms with Crippen LogP contribution in [0.5, 0.6) is 0 Å². The van der Waals surface area contributed by atoms with E-state index < -0.39 is 16.1 Å². The first-order valence-electron chi connectivity index (χ1n) is 5.83. The Morgan fingerprint density at radius 2 is 2.12 bits per heavy atom. The van der Waals surface area contributed by atoms with E-state index in [1.54, 1.807) is 18.2 Å². The van der Waals surface area contributed by atoms with Crippen LogP contribution < -0.4 is 4.31 Å². The Kier molecular flexibility index (Phi) is 3.40. The number of anilines is 1. The maximum absolute atomic E-state index is 12.0. The first kappa shape index (κ1) is 12.4. The van der Waals surface area contributed by atoms with E-state index in [2.05, 4.69) is 0 Å². The van der Waals surface area contributed by atoms with Crippen molar-refractivity contribution in [2.75, 3.05) is 16.6 Å². The maximum Gasteiger partial charge on any atom is 0.238 e. The van der Waals surface area contributed by atoms with Crippen LogP contribution in [0.4, 0.5) is 5.69 Å². The summed E-state index contributed by atoms with van der Waals surface area (Å²) in [5.74, 6) is -0.215. The van der Waals surface area contributed by atoms with Crippen molar-refractivity contribution < 1.29 is 13.5 Å². The molecular weight excluding hydrogens is 238 g/mol. The second-order valence-corrected chi connectivity index (χ2v) is 6.22. The van der Waals surface area contributed by atoms with Crippen LogP contribution in [0.1, 0.15) is 31.4 Å². The Bertz CT molecular complexity index is 498. The highest BCUT2D eigenvalue weighted by atomic mass is 32.2. The van der Waals surface area contributed by atoms with Gasteiger partial charge in [0.15, 0.2) is 0 Å². The predicted octanol–water partition coefficient (Wildman–Crippen LogP) is 1.67. The molecule has 1 unspecified atom stereocenters. The van der Waals surface area contributed by atoms with E-state index in [1.165, 1.54) is 4.31 Å². The van der Waals surface area contributed by atoms with Gasteiger partial charge in [-0.1, -0.05) is 31.5 Å². The third kappa shape index (κ3) is 2.30. The number of hydrogen-bond donors (Lipinski definition) is 1. The van der Waals surface area contributed by atoms with Gasteiger partial charge in [-0.25, -0.2) is 8.42 Å². The predicted molar refractivity (Wildman–Crippen MR) is 67.4 cm³/mol. The fourth-order valence-electron chi connectivity index (χ4n) is 2.09. The van der Waals surface area contributed by atoms with Crippen molar-refractivity contribution in [3.05, 3.63) is 29.8 Å². The first-order valence-corrected chi connectivity index (χ1v) is 7.44. The van der Waals surface area contributed by atoms with Gasteiger partial charge in [0.1, 0.15) is 0 Å². The topological polar surface area (TPSA) is 57.6 Å². The number of fused-ring (bicyclic) bond motifs is 1. The number of aliphatic hydroxyl groups is 1. The zero-order valence-corrected chi connectivity index (χ0v) is 10.7. The highest BCUT2D eigenvalue weighted by Gasteiger charge is 2.34. The highest BCUT2D eigenvalue weighted by Crippen LogP contribution is 2.34. The number of nitrogens with zero attached hydrogens (tertiary/aromatic N) is 1. The van der Waals surface area contributed by atoms with Crippen LogP contribution in [0.25, 0.3) is 0 Å². The summed E-state index contributed by atoms with van der Waals surface area (Å²) >= 11 is 0. The minimum absolute atomic E-state index is 0.215. The van der Waals surface area contributed by atoms with Crippen molar-refractivity contribution >= 4 is 15.7 Å². The van der Waals surface area contributed by atoms with Gasteiger partial charge in [0.2, 0.25) is 10.0 Å². The molecule has 0 aromatic heterocycles. The molecule has 0 saturated heterocycles. The highest BCUT2D eigenvalue weighted by molar-refractivity contribution is 7.92. The van der Waals surface area contributed by atoms with Gasteiger partial charge in [-0.3, -0.25) is 4.31 Å². The molecule has 2 rings (SSSR count). The molecule has 1 atom stereocenters. The summed E-state index contributed by atoms with van der Waals surface area (Å²) in [4.78, 5) is 0. The lowest BCUT2D eigenvalue weighted by atomic mass is 10.1. The molecule has 0 saturated carbocycles. The standard InChI is InChI=1S/C12H17NO3S/c1-2-3-8-13-11-7-5-4-6-10(11)12(14)9-17(13,15)16/h4-7,12,14H,2-3,8-9H2,1H3. The summed E-state index contributed by atoms with van der Waals surface area (Å²) in [6, 6.07) is 7.15. The molecule has 1 aliphatic rings. The molecule has 17 heavy (non-hydrogen) atoms. The summed E-state index contributed by atoms with van der Waals surface area (Å²) in [7, 11) is -3.38. The zero-order valence-electron chi connectivity index (χ0n) is 9.83. The summed E-state index contributed by atoms with van der Waals surface area (Å²) in [6.07, 6.45) is 0.856. The molecule has 94 valence electrons. The number of benzene rings is 1. The van der Waals surface area contributed by atoms with Gasteiger partial charge < -0.3 is 5.11 Å². The fourth-order valence-corrected chi connectivity index (χ4v) is 3.72. The van der Waals surface area contributed by atoms with Crippen LogP contribution >= 0.6 is 0 Å². The van der Waals surface area contributed by atoms with Crippen LogP contribution in [0, 0.1) is 0 Å². The summed E-state index contributed by atoms with van der Waals surface area (Å²) in [5.41, 5.74) is 1.33. The summed E-state index contributed by atoms with van der Waals surface area (Å²) < 4.78 is 25.5. The number of hydrogen-bond acceptors (Lipinski definition) is 3. The molecule has 0 fully saturated rings. The van der Waals surface area contributed by atoms with Gasteiger partial charge in [0.05, 0.1) is 17.5 Å². The van der Waals surface area contributed by atoms with Crippen LogP contribution in [0.15, 0.2) is 24.3 Å². The number of sulfonamides is 1. The average molecular weight is 255 g/mol. The minimum Gasteiger partial charge on any atom is -0.387 e. The van der Waals surface area contributed by atoms with E-state index in [0.717, 1.165) is 12.8 Å². The second-order valence-electron chi connectivity index (χ2n) is 4.28. The molecule has 1 aromatic rings. The monoisotopic (exact) mass is 255 g/mol. The third-order valence-corrected chi connectivity index (χ3v) is 4.77. The molecule has 4 nitrogen and oxygen atoms in total. The summed E-state index contributed by atoms with van der Waals surface area (Å²) in [5, 5.41) is 9.83.